The van der Waals surface area contributed by atoms with E-state index in [4.69, 9.17) is 11.6 Å². The summed E-state index contributed by atoms with van der Waals surface area (Å²) in [5, 5.41) is 2.60. The van der Waals surface area contributed by atoms with E-state index < -0.39 is 18.4 Å². The van der Waals surface area contributed by atoms with Gasteiger partial charge in [-0.2, -0.15) is 13.2 Å². The quantitative estimate of drug-likeness (QED) is 0.795. The molecule has 0 spiro atoms. The molecule has 0 radical (unpaired) electrons. The van der Waals surface area contributed by atoms with E-state index in [9.17, 15) is 17.6 Å². The van der Waals surface area contributed by atoms with Crippen molar-refractivity contribution in [2.45, 2.75) is 6.18 Å². The molecule has 6 heteroatoms. The summed E-state index contributed by atoms with van der Waals surface area (Å²) in [4.78, 5) is 0. The maximum absolute atomic E-state index is 12.3. The summed E-state index contributed by atoms with van der Waals surface area (Å²) in [6.45, 7) is -0.742. The summed E-state index contributed by atoms with van der Waals surface area (Å²) < 4.78 is 48.6. The minimum Gasteiger partial charge on any atom is -0.381 e. The SMILES string of the molecule is FCCNc1cc(C(F)(F)F)ccc1Cl. The highest BCUT2D eigenvalue weighted by molar-refractivity contribution is 6.33. The van der Waals surface area contributed by atoms with Crippen molar-refractivity contribution in [1.29, 1.82) is 0 Å². The third-order valence-corrected chi connectivity index (χ3v) is 2.03. The molecular formula is C9H8ClF4N. The van der Waals surface area contributed by atoms with E-state index in [0.29, 0.717) is 0 Å². The molecule has 1 aromatic rings. The van der Waals surface area contributed by atoms with Crippen molar-refractivity contribution in [1.82, 2.24) is 0 Å². The first-order chi connectivity index (χ1) is 6.95. The molecule has 84 valence electrons. The Morgan fingerprint density at radius 1 is 1.27 bits per heavy atom. The monoisotopic (exact) mass is 241 g/mol. The summed E-state index contributed by atoms with van der Waals surface area (Å²) in [7, 11) is 0. The summed E-state index contributed by atoms with van der Waals surface area (Å²) in [5.41, 5.74) is -0.725. The average molecular weight is 242 g/mol. The van der Waals surface area contributed by atoms with Crippen LogP contribution in [0.3, 0.4) is 0 Å². The Kier molecular flexibility index (Phi) is 3.79. The normalized spacial score (nSPS) is 11.5. The summed E-state index contributed by atoms with van der Waals surface area (Å²) in [5.74, 6) is 0. The van der Waals surface area contributed by atoms with E-state index in [2.05, 4.69) is 5.32 Å². The van der Waals surface area contributed by atoms with Crippen LogP contribution in [0, 0.1) is 0 Å². The van der Waals surface area contributed by atoms with Crippen LogP contribution in [0.15, 0.2) is 18.2 Å². The maximum atomic E-state index is 12.3. The van der Waals surface area contributed by atoms with Crippen molar-refractivity contribution in [3.8, 4) is 0 Å². The van der Waals surface area contributed by atoms with Gasteiger partial charge in [0.1, 0.15) is 6.67 Å². The van der Waals surface area contributed by atoms with E-state index in [0.717, 1.165) is 18.2 Å². The smallest absolute Gasteiger partial charge is 0.381 e. The van der Waals surface area contributed by atoms with Gasteiger partial charge in [0.05, 0.1) is 16.3 Å². The number of alkyl halides is 4. The molecule has 0 aliphatic rings. The van der Waals surface area contributed by atoms with Gasteiger partial charge < -0.3 is 5.32 Å². The first kappa shape index (κ1) is 12.1. The zero-order valence-electron chi connectivity index (χ0n) is 7.54. The van der Waals surface area contributed by atoms with Crippen LogP contribution in [-0.2, 0) is 6.18 Å². The molecule has 0 aliphatic heterocycles. The van der Waals surface area contributed by atoms with Crippen molar-refractivity contribution in [3.05, 3.63) is 28.8 Å². The van der Waals surface area contributed by atoms with Gasteiger partial charge >= 0.3 is 6.18 Å². The third kappa shape index (κ3) is 3.27. The van der Waals surface area contributed by atoms with Crippen LogP contribution in [0.5, 0.6) is 0 Å². The summed E-state index contributed by atoms with van der Waals surface area (Å²) >= 11 is 5.63. The fourth-order valence-electron chi connectivity index (χ4n) is 1.02. The number of hydrogen-bond acceptors (Lipinski definition) is 1. The van der Waals surface area contributed by atoms with Gasteiger partial charge in [-0.3, -0.25) is 0 Å². The van der Waals surface area contributed by atoms with Crippen LogP contribution in [-0.4, -0.2) is 13.2 Å². The second-order valence-corrected chi connectivity index (χ2v) is 3.22. The number of rotatable bonds is 3. The van der Waals surface area contributed by atoms with E-state index >= 15 is 0 Å². The highest BCUT2D eigenvalue weighted by Crippen LogP contribution is 2.33. The molecule has 0 aliphatic carbocycles. The standard InChI is InChI=1S/C9H8ClF4N/c10-7-2-1-6(9(12,13)14)5-8(7)15-4-3-11/h1-2,5,15H,3-4H2. The van der Waals surface area contributed by atoms with E-state index in [1.54, 1.807) is 0 Å². The molecule has 15 heavy (non-hydrogen) atoms. The third-order valence-electron chi connectivity index (χ3n) is 1.70. The van der Waals surface area contributed by atoms with Gasteiger partial charge in [0.15, 0.2) is 0 Å². The Labute approximate surface area is 89.0 Å². The van der Waals surface area contributed by atoms with Crippen LogP contribution < -0.4 is 5.32 Å². The molecule has 0 atom stereocenters. The van der Waals surface area contributed by atoms with Crippen molar-refractivity contribution in [2.75, 3.05) is 18.5 Å². The van der Waals surface area contributed by atoms with Gasteiger partial charge in [0, 0.05) is 6.54 Å². The highest BCUT2D eigenvalue weighted by Gasteiger charge is 2.30. The molecule has 0 fully saturated rings. The molecule has 0 saturated heterocycles. The minimum atomic E-state index is -4.42. The summed E-state index contributed by atoms with van der Waals surface area (Å²) in [6, 6.07) is 2.87. The molecular weight excluding hydrogens is 234 g/mol. The molecule has 0 amide bonds. The molecule has 0 heterocycles. The van der Waals surface area contributed by atoms with Crippen molar-refractivity contribution >= 4 is 17.3 Å². The van der Waals surface area contributed by atoms with Crippen molar-refractivity contribution in [2.24, 2.45) is 0 Å². The van der Waals surface area contributed by atoms with Crippen molar-refractivity contribution in [3.63, 3.8) is 0 Å². The maximum Gasteiger partial charge on any atom is 0.416 e. The van der Waals surface area contributed by atoms with Gasteiger partial charge in [-0.15, -0.1) is 0 Å². The predicted octanol–water partition coefficient (Wildman–Crippen LogP) is 3.74. The second kappa shape index (κ2) is 4.70. The number of anilines is 1. The van der Waals surface area contributed by atoms with Crippen LogP contribution in [0.2, 0.25) is 5.02 Å². The minimum absolute atomic E-state index is 0.0684. The average Bonchev–Trinajstić information content (AvgIpc) is 2.15. The number of halogens is 5. The van der Waals surface area contributed by atoms with E-state index in [1.165, 1.54) is 0 Å². The van der Waals surface area contributed by atoms with Gasteiger partial charge in [-0.05, 0) is 18.2 Å². The molecule has 0 aromatic heterocycles. The number of benzene rings is 1. The predicted molar refractivity (Wildman–Crippen MR) is 50.9 cm³/mol. The first-order valence-corrected chi connectivity index (χ1v) is 4.49. The van der Waals surface area contributed by atoms with Crippen LogP contribution in [0.4, 0.5) is 23.2 Å². The second-order valence-electron chi connectivity index (χ2n) is 2.81. The van der Waals surface area contributed by atoms with Gasteiger partial charge in [-0.25, -0.2) is 4.39 Å². The molecule has 1 aromatic carbocycles. The molecule has 0 saturated carbocycles. The lowest BCUT2D eigenvalue weighted by atomic mass is 10.2. The molecule has 0 unspecified atom stereocenters. The van der Waals surface area contributed by atoms with Gasteiger partial charge in [-0.1, -0.05) is 11.6 Å². The first-order valence-electron chi connectivity index (χ1n) is 4.11. The molecule has 1 nitrogen and oxygen atoms in total. The Hall–Kier alpha value is -0.970. The van der Waals surface area contributed by atoms with E-state index in [1.807, 2.05) is 0 Å². The lowest BCUT2D eigenvalue weighted by molar-refractivity contribution is -0.137. The Balaban J connectivity index is 2.95. The Morgan fingerprint density at radius 2 is 1.93 bits per heavy atom. The Morgan fingerprint density at radius 3 is 2.47 bits per heavy atom. The molecule has 1 rings (SSSR count). The van der Waals surface area contributed by atoms with Crippen LogP contribution in [0.1, 0.15) is 5.56 Å². The fourth-order valence-corrected chi connectivity index (χ4v) is 1.20. The fraction of sp³-hybridized carbons (Fsp3) is 0.333. The topological polar surface area (TPSA) is 12.0 Å². The number of hydrogen-bond donors (Lipinski definition) is 1. The van der Waals surface area contributed by atoms with Gasteiger partial charge in [0.25, 0.3) is 0 Å². The molecule has 0 bridgehead atoms. The van der Waals surface area contributed by atoms with Crippen LogP contribution in [0.25, 0.3) is 0 Å². The van der Waals surface area contributed by atoms with Crippen LogP contribution >= 0.6 is 11.6 Å². The van der Waals surface area contributed by atoms with Gasteiger partial charge in [0.2, 0.25) is 0 Å². The Bertz CT molecular complexity index is 337. The zero-order chi connectivity index (χ0) is 11.5. The summed E-state index contributed by atoms with van der Waals surface area (Å²) in [6.07, 6.45) is -4.42. The van der Waals surface area contributed by atoms with E-state index in [-0.39, 0.29) is 17.3 Å². The lowest BCUT2D eigenvalue weighted by Crippen LogP contribution is -2.08. The zero-order valence-corrected chi connectivity index (χ0v) is 8.29. The largest absolute Gasteiger partial charge is 0.416 e. The highest BCUT2D eigenvalue weighted by atomic mass is 35.5. The molecule has 1 N–H and O–H groups in total. The van der Waals surface area contributed by atoms with Crippen molar-refractivity contribution < 1.29 is 17.6 Å². The lowest BCUT2D eigenvalue weighted by Gasteiger charge is -2.11. The number of nitrogens with one attached hydrogen (secondary N) is 1.